The lowest BCUT2D eigenvalue weighted by molar-refractivity contribution is 0.396. The lowest BCUT2D eigenvalue weighted by Crippen LogP contribution is -2.36. The molecule has 0 spiro atoms. The van der Waals surface area contributed by atoms with Gasteiger partial charge in [0, 0.05) is 21.0 Å². The Kier molecular flexibility index (Phi) is 5.47. The topological polar surface area (TPSA) is 21.3 Å². The molecule has 2 nitrogen and oxygen atoms in total. The van der Waals surface area contributed by atoms with Gasteiger partial charge in [-0.05, 0) is 55.3 Å². The average Bonchev–Trinajstić information content (AvgIpc) is 2.47. The van der Waals surface area contributed by atoms with Crippen molar-refractivity contribution in [3.63, 3.8) is 0 Å². The number of hydrogen-bond acceptors (Lipinski definition) is 2. The molecule has 2 rings (SSSR count). The molecule has 2 aromatic rings. The van der Waals surface area contributed by atoms with Gasteiger partial charge in [-0.15, -0.1) is 0 Å². The first-order chi connectivity index (χ1) is 9.92. The molecule has 1 N–H and O–H groups in total. The molecule has 0 unspecified atom stereocenters. The number of rotatable bonds is 5. The van der Waals surface area contributed by atoms with E-state index in [2.05, 4.69) is 81.4 Å². The van der Waals surface area contributed by atoms with E-state index in [4.69, 9.17) is 4.74 Å². The second-order valence-electron chi connectivity index (χ2n) is 5.44. The quantitative estimate of drug-likeness (QED) is 0.724. The van der Waals surface area contributed by atoms with Crippen LogP contribution in [0.5, 0.6) is 5.75 Å². The lowest BCUT2D eigenvalue weighted by atomic mass is 9.94. The molecule has 0 saturated heterocycles. The molecule has 0 fully saturated rings. The number of nitrogens with one attached hydrogen (secondary N) is 1. The first kappa shape index (κ1) is 16.5. The summed E-state index contributed by atoms with van der Waals surface area (Å²) in [6, 6.07) is 14.4. The fourth-order valence-electron chi connectivity index (χ4n) is 2.10. The normalized spacial score (nSPS) is 11.5. The molecule has 0 saturated carbocycles. The van der Waals surface area contributed by atoms with Crippen molar-refractivity contribution in [2.45, 2.75) is 25.9 Å². The van der Waals surface area contributed by atoms with Crippen LogP contribution in [0, 0.1) is 0 Å². The van der Waals surface area contributed by atoms with Crippen molar-refractivity contribution in [1.29, 1.82) is 0 Å². The van der Waals surface area contributed by atoms with Crippen molar-refractivity contribution in [2.24, 2.45) is 0 Å². The monoisotopic (exact) mass is 411 g/mol. The van der Waals surface area contributed by atoms with Gasteiger partial charge in [-0.2, -0.15) is 0 Å². The number of ether oxygens (including phenoxy) is 1. The van der Waals surface area contributed by atoms with E-state index < -0.39 is 0 Å². The minimum Gasteiger partial charge on any atom is -0.497 e. The van der Waals surface area contributed by atoms with Crippen LogP contribution in [-0.2, 0) is 12.1 Å². The van der Waals surface area contributed by atoms with Gasteiger partial charge in [-0.3, -0.25) is 0 Å². The summed E-state index contributed by atoms with van der Waals surface area (Å²) in [5, 5.41) is 3.60. The van der Waals surface area contributed by atoms with Crippen molar-refractivity contribution in [1.82, 2.24) is 5.32 Å². The third-order valence-corrected chi connectivity index (χ3v) is 4.84. The van der Waals surface area contributed by atoms with Crippen LogP contribution in [-0.4, -0.2) is 7.11 Å². The van der Waals surface area contributed by atoms with Crippen molar-refractivity contribution in [3.05, 3.63) is 62.5 Å². The number of halogens is 2. The zero-order valence-corrected chi connectivity index (χ0v) is 15.6. The van der Waals surface area contributed by atoms with E-state index in [0.29, 0.717) is 0 Å². The molecule has 0 aliphatic heterocycles. The molecule has 112 valence electrons. The molecule has 21 heavy (non-hydrogen) atoms. The fourth-order valence-corrected chi connectivity index (χ4v) is 2.75. The second-order valence-corrected chi connectivity index (χ2v) is 7.21. The standard InChI is InChI=1S/C17H19Br2NO/c1-17(2,13-4-6-14(18)7-5-13)20-11-12-10-15(21-3)8-9-16(12)19/h4-10,20H,11H2,1-3H3. The number of benzene rings is 2. The molecular formula is C17H19Br2NO. The zero-order valence-electron chi connectivity index (χ0n) is 12.4. The minimum atomic E-state index is -0.108. The van der Waals surface area contributed by atoms with Crippen LogP contribution in [0.1, 0.15) is 25.0 Å². The lowest BCUT2D eigenvalue weighted by Gasteiger charge is -2.27. The van der Waals surface area contributed by atoms with Gasteiger partial charge in [0.25, 0.3) is 0 Å². The molecule has 4 heteroatoms. The van der Waals surface area contributed by atoms with Crippen LogP contribution in [0.2, 0.25) is 0 Å². The van der Waals surface area contributed by atoms with E-state index in [0.717, 1.165) is 21.2 Å². The van der Waals surface area contributed by atoms with Gasteiger partial charge < -0.3 is 10.1 Å². The SMILES string of the molecule is COc1ccc(Br)c(CNC(C)(C)c2ccc(Br)cc2)c1. The maximum absolute atomic E-state index is 5.29. The Morgan fingerprint density at radius 2 is 1.71 bits per heavy atom. The van der Waals surface area contributed by atoms with Crippen molar-refractivity contribution >= 4 is 31.9 Å². The minimum absolute atomic E-state index is 0.108. The summed E-state index contributed by atoms with van der Waals surface area (Å²) in [7, 11) is 1.69. The first-order valence-electron chi connectivity index (χ1n) is 6.76. The molecular weight excluding hydrogens is 394 g/mol. The number of methoxy groups -OCH3 is 1. The molecule has 0 radical (unpaired) electrons. The Balaban J connectivity index is 2.12. The average molecular weight is 413 g/mol. The molecule has 0 aromatic heterocycles. The van der Waals surface area contributed by atoms with Gasteiger partial charge >= 0.3 is 0 Å². The van der Waals surface area contributed by atoms with Crippen LogP contribution >= 0.6 is 31.9 Å². The predicted octanol–water partition coefficient (Wildman–Crippen LogP) is 5.25. The first-order valence-corrected chi connectivity index (χ1v) is 8.34. The zero-order chi connectivity index (χ0) is 15.5. The Morgan fingerprint density at radius 3 is 2.33 bits per heavy atom. The third kappa shape index (κ3) is 4.31. The van der Waals surface area contributed by atoms with E-state index in [1.54, 1.807) is 7.11 Å². The fraction of sp³-hybridized carbons (Fsp3) is 0.294. The molecule has 0 aliphatic rings. The van der Waals surface area contributed by atoms with E-state index in [9.17, 15) is 0 Å². The number of hydrogen-bond donors (Lipinski definition) is 1. The second kappa shape index (κ2) is 6.95. The van der Waals surface area contributed by atoms with Gasteiger partial charge in [-0.25, -0.2) is 0 Å². The van der Waals surface area contributed by atoms with E-state index in [1.807, 2.05) is 12.1 Å². The summed E-state index contributed by atoms with van der Waals surface area (Å²) in [5.41, 5.74) is 2.33. The Morgan fingerprint density at radius 1 is 1.05 bits per heavy atom. The smallest absolute Gasteiger partial charge is 0.119 e. The molecule has 0 heterocycles. The Labute approximate surface area is 143 Å². The molecule has 0 atom stereocenters. The van der Waals surface area contributed by atoms with E-state index in [1.165, 1.54) is 11.1 Å². The van der Waals surface area contributed by atoms with Gasteiger partial charge in [0.15, 0.2) is 0 Å². The summed E-state index contributed by atoms with van der Waals surface area (Å²) in [4.78, 5) is 0. The maximum Gasteiger partial charge on any atom is 0.119 e. The van der Waals surface area contributed by atoms with Gasteiger partial charge in [-0.1, -0.05) is 44.0 Å². The maximum atomic E-state index is 5.29. The molecule has 0 amide bonds. The van der Waals surface area contributed by atoms with E-state index >= 15 is 0 Å². The van der Waals surface area contributed by atoms with Crippen LogP contribution < -0.4 is 10.1 Å². The summed E-state index contributed by atoms with van der Waals surface area (Å²) in [6.45, 7) is 5.13. The summed E-state index contributed by atoms with van der Waals surface area (Å²) >= 11 is 7.06. The summed E-state index contributed by atoms with van der Waals surface area (Å²) in [6.07, 6.45) is 0. The Hall–Kier alpha value is -0.840. The van der Waals surface area contributed by atoms with Crippen LogP contribution in [0.15, 0.2) is 51.4 Å². The highest BCUT2D eigenvalue weighted by molar-refractivity contribution is 9.10. The highest BCUT2D eigenvalue weighted by Gasteiger charge is 2.19. The Bertz CT molecular complexity index is 609. The van der Waals surface area contributed by atoms with Crippen molar-refractivity contribution in [3.8, 4) is 5.75 Å². The molecule has 0 bridgehead atoms. The third-order valence-electron chi connectivity index (χ3n) is 3.54. The van der Waals surface area contributed by atoms with Gasteiger partial charge in [0.2, 0.25) is 0 Å². The van der Waals surface area contributed by atoms with E-state index in [-0.39, 0.29) is 5.54 Å². The van der Waals surface area contributed by atoms with Crippen molar-refractivity contribution in [2.75, 3.05) is 7.11 Å². The highest BCUT2D eigenvalue weighted by atomic mass is 79.9. The predicted molar refractivity (Wildman–Crippen MR) is 94.7 cm³/mol. The molecule has 2 aromatic carbocycles. The largest absolute Gasteiger partial charge is 0.497 e. The molecule has 0 aliphatic carbocycles. The van der Waals surface area contributed by atoms with Crippen molar-refractivity contribution < 1.29 is 4.74 Å². The van der Waals surface area contributed by atoms with Gasteiger partial charge in [0.05, 0.1) is 7.11 Å². The van der Waals surface area contributed by atoms with Crippen LogP contribution in [0.4, 0.5) is 0 Å². The highest BCUT2D eigenvalue weighted by Crippen LogP contribution is 2.26. The summed E-state index contributed by atoms with van der Waals surface area (Å²) in [5.74, 6) is 0.872. The summed E-state index contributed by atoms with van der Waals surface area (Å²) < 4.78 is 7.47. The van der Waals surface area contributed by atoms with Crippen LogP contribution in [0.25, 0.3) is 0 Å². The van der Waals surface area contributed by atoms with Gasteiger partial charge in [0.1, 0.15) is 5.75 Å². The van der Waals surface area contributed by atoms with Crippen LogP contribution in [0.3, 0.4) is 0 Å².